The lowest BCUT2D eigenvalue weighted by Crippen LogP contribution is -2.35. The molecule has 2 atom stereocenters. The maximum atomic E-state index is 11.6. The van der Waals surface area contributed by atoms with Crippen LogP contribution in [0.2, 0.25) is 0 Å². The summed E-state index contributed by atoms with van der Waals surface area (Å²) in [4.78, 5) is 11.6. The molecule has 100 valence electrons. The first-order valence-electron chi connectivity index (χ1n) is 6.80. The van der Waals surface area contributed by atoms with Crippen molar-refractivity contribution >= 4 is 5.91 Å². The minimum Gasteiger partial charge on any atom is -0.396 e. The predicted molar refractivity (Wildman–Crippen MR) is 68.7 cm³/mol. The van der Waals surface area contributed by atoms with Gasteiger partial charge < -0.3 is 15.7 Å². The molecule has 0 bridgehead atoms. The highest BCUT2D eigenvalue weighted by Crippen LogP contribution is 2.28. The van der Waals surface area contributed by atoms with Gasteiger partial charge in [-0.05, 0) is 44.7 Å². The van der Waals surface area contributed by atoms with Gasteiger partial charge in [-0.15, -0.1) is 0 Å². The first-order chi connectivity index (χ1) is 8.27. The number of carbonyl (C=O) groups excluding carboxylic acids is 1. The maximum absolute atomic E-state index is 11.6. The smallest absolute Gasteiger partial charge is 0.220 e. The lowest BCUT2D eigenvalue weighted by Gasteiger charge is -2.30. The fourth-order valence-corrected chi connectivity index (χ4v) is 2.55. The van der Waals surface area contributed by atoms with Gasteiger partial charge in [-0.2, -0.15) is 0 Å². The molecule has 2 unspecified atom stereocenters. The Hall–Kier alpha value is -0.610. The largest absolute Gasteiger partial charge is 0.396 e. The van der Waals surface area contributed by atoms with Gasteiger partial charge in [-0.3, -0.25) is 4.79 Å². The molecule has 4 heteroatoms. The number of hydrogen-bond donors (Lipinski definition) is 3. The van der Waals surface area contributed by atoms with Crippen LogP contribution in [0.5, 0.6) is 0 Å². The molecule has 1 aliphatic carbocycles. The Morgan fingerprint density at radius 3 is 2.65 bits per heavy atom. The van der Waals surface area contributed by atoms with E-state index in [1.54, 1.807) is 0 Å². The van der Waals surface area contributed by atoms with E-state index >= 15 is 0 Å². The highest BCUT2D eigenvalue weighted by Gasteiger charge is 2.24. The van der Waals surface area contributed by atoms with Crippen LogP contribution in [-0.2, 0) is 4.79 Å². The van der Waals surface area contributed by atoms with E-state index < -0.39 is 0 Å². The Kier molecular flexibility index (Phi) is 7.21. The van der Waals surface area contributed by atoms with Crippen LogP contribution in [0.15, 0.2) is 0 Å². The molecule has 0 heterocycles. The summed E-state index contributed by atoms with van der Waals surface area (Å²) in [6.45, 7) is 1.89. The number of aliphatic hydroxyl groups is 1. The first-order valence-corrected chi connectivity index (χ1v) is 6.80. The van der Waals surface area contributed by atoms with Gasteiger partial charge in [0.1, 0.15) is 0 Å². The van der Waals surface area contributed by atoms with E-state index in [9.17, 15) is 9.90 Å². The molecule has 0 saturated heterocycles. The normalized spacial score (nSPS) is 24.6. The van der Waals surface area contributed by atoms with Crippen molar-refractivity contribution in [3.8, 4) is 0 Å². The van der Waals surface area contributed by atoms with Crippen LogP contribution in [0.3, 0.4) is 0 Å². The van der Waals surface area contributed by atoms with Crippen molar-refractivity contribution in [3.05, 3.63) is 0 Å². The first kappa shape index (κ1) is 14.5. The highest BCUT2D eigenvalue weighted by molar-refractivity contribution is 5.75. The van der Waals surface area contributed by atoms with Gasteiger partial charge in [0.15, 0.2) is 0 Å². The third-order valence-corrected chi connectivity index (χ3v) is 3.69. The molecule has 17 heavy (non-hydrogen) atoms. The zero-order chi connectivity index (χ0) is 12.5. The fraction of sp³-hybridized carbons (Fsp3) is 0.923. The van der Waals surface area contributed by atoms with Crippen LogP contribution in [0.1, 0.15) is 38.5 Å². The van der Waals surface area contributed by atoms with Crippen molar-refractivity contribution in [2.75, 3.05) is 26.7 Å². The third-order valence-electron chi connectivity index (χ3n) is 3.69. The van der Waals surface area contributed by atoms with E-state index in [1.165, 1.54) is 12.8 Å². The van der Waals surface area contributed by atoms with E-state index in [-0.39, 0.29) is 12.5 Å². The number of amides is 1. The van der Waals surface area contributed by atoms with Crippen molar-refractivity contribution < 1.29 is 9.90 Å². The van der Waals surface area contributed by atoms with Gasteiger partial charge in [0.25, 0.3) is 0 Å². The standard InChI is InChI=1S/C13H26N2O2/c1-14-8-4-7-13(17)15-9-11-5-2-3-6-12(11)10-16/h11-12,14,16H,2-10H2,1H3,(H,15,17). The molecule has 0 aromatic heterocycles. The molecule has 1 rings (SSSR count). The Bertz CT molecular complexity index is 221. The van der Waals surface area contributed by atoms with Gasteiger partial charge in [0.2, 0.25) is 5.91 Å². The minimum absolute atomic E-state index is 0.141. The van der Waals surface area contributed by atoms with E-state index in [0.717, 1.165) is 32.4 Å². The van der Waals surface area contributed by atoms with Gasteiger partial charge in [0, 0.05) is 19.6 Å². The van der Waals surface area contributed by atoms with Crippen LogP contribution >= 0.6 is 0 Å². The van der Waals surface area contributed by atoms with Crippen molar-refractivity contribution in [3.63, 3.8) is 0 Å². The fourth-order valence-electron chi connectivity index (χ4n) is 2.55. The number of aliphatic hydroxyl groups excluding tert-OH is 1. The number of nitrogens with one attached hydrogen (secondary N) is 2. The second-order valence-corrected chi connectivity index (χ2v) is 5.00. The maximum Gasteiger partial charge on any atom is 0.220 e. The monoisotopic (exact) mass is 242 g/mol. The van der Waals surface area contributed by atoms with Crippen LogP contribution in [0, 0.1) is 11.8 Å². The molecule has 1 fully saturated rings. The summed E-state index contributed by atoms with van der Waals surface area (Å²) >= 11 is 0. The molecule has 0 spiro atoms. The third kappa shape index (κ3) is 5.50. The van der Waals surface area contributed by atoms with Crippen molar-refractivity contribution in [2.45, 2.75) is 38.5 Å². The molecular formula is C13H26N2O2. The van der Waals surface area contributed by atoms with E-state index in [4.69, 9.17) is 0 Å². The van der Waals surface area contributed by atoms with Gasteiger partial charge >= 0.3 is 0 Å². The summed E-state index contributed by atoms with van der Waals surface area (Å²) in [5, 5.41) is 15.3. The van der Waals surface area contributed by atoms with Crippen molar-refractivity contribution in [1.29, 1.82) is 0 Å². The average molecular weight is 242 g/mol. The summed E-state index contributed by atoms with van der Waals surface area (Å²) in [7, 11) is 1.89. The quantitative estimate of drug-likeness (QED) is 0.581. The molecule has 0 aromatic rings. The van der Waals surface area contributed by atoms with Gasteiger partial charge in [-0.25, -0.2) is 0 Å². The molecule has 4 nitrogen and oxygen atoms in total. The van der Waals surface area contributed by atoms with Crippen molar-refractivity contribution in [1.82, 2.24) is 10.6 Å². The topological polar surface area (TPSA) is 61.4 Å². The summed E-state index contributed by atoms with van der Waals surface area (Å²) in [6.07, 6.45) is 6.18. The predicted octanol–water partition coefficient (Wildman–Crippen LogP) is 0.901. The van der Waals surface area contributed by atoms with E-state index in [0.29, 0.717) is 18.3 Å². The average Bonchev–Trinajstić information content (AvgIpc) is 2.37. The number of hydrogen-bond acceptors (Lipinski definition) is 3. The zero-order valence-electron chi connectivity index (χ0n) is 10.9. The van der Waals surface area contributed by atoms with Gasteiger partial charge in [0.05, 0.1) is 0 Å². The highest BCUT2D eigenvalue weighted by atomic mass is 16.3. The number of rotatable bonds is 7. The van der Waals surface area contributed by atoms with Crippen LogP contribution in [0.25, 0.3) is 0 Å². The van der Waals surface area contributed by atoms with Crippen molar-refractivity contribution in [2.24, 2.45) is 11.8 Å². The molecule has 1 amide bonds. The zero-order valence-corrected chi connectivity index (χ0v) is 10.9. The summed E-state index contributed by atoms with van der Waals surface area (Å²) in [5.41, 5.74) is 0. The summed E-state index contributed by atoms with van der Waals surface area (Å²) in [5.74, 6) is 1.01. The second-order valence-electron chi connectivity index (χ2n) is 5.00. The molecule has 3 N–H and O–H groups in total. The Morgan fingerprint density at radius 1 is 1.29 bits per heavy atom. The molecular weight excluding hydrogens is 216 g/mol. The Labute approximate surface area is 104 Å². The van der Waals surface area contributed by atoms with E-state index in [2.05, 4.69) is 10.6 Å². The minimum atomic E-state index is 0.141. The van der Waals surface area contributed by atoms with Crippen LogP contribution < -0.4 is 10.6 Å². The van der Waals surface area contributed by atoms with Crippen LogP contribution in [-0.4, -0.2) is 37.8 Å². The van der Waals surface area contributed by atoms with E-state index in [1.807, 2.05) is 7.05 Å². The molecule has 0 aromatic carbocycles. The molecule has 1 saturated carbocycles. The molecule has 0 radical (unpaired) electrons. The SMILES string of the molecule is CNCCCC(=O)NCC1CCCCC1CO. The molecule has 1 aliphatic rings. The molecule has 0 aliphatic heterocycles. The summed E-state index contributed by atoms with van der Waals surface area (Å²) < 4.78 is 0. The summed E-state index contributed by atoms with van der Waals surface area (Å²) in [6, 6.07) is 0. The van der Waals surface area contributed by atoms with Crippen LogP contribution in [0.4, 0.5) is 0 Å². The number of carbonyl (C=O) groups is 1. The Balaban J connectivity index is 2.17. The second kappa shape index (κ2) is 8.48. The lowest BCUT2D eigenvalue weighted by molar-refractivity contribution is -0.121. The Morgan fingerprint density at radius 2 is 2.00 bits per heavy atom. The lowest BCUT2D eigenvalue weighted by atomic mass is 9.79. The van der Waals surface area contributed by atoms with Gasteiger partial charge in [-0.1, -0.05) is 12.8 Å².